The van der Waals surface area contributed by atoms with E-state index in [1.807, 2.05) is 42.6 Å². The van der Waals surface area contributed by atoms with Crippen LogP contribution < -0.4 is 4.74 Å². The van der Waals surface area contributed by atoms with Gasteiger partial charge in [0.1, 0.15) is 36.0 Å². The Morgan fingerprint density at radius 2 is 2.03 bits per heavy atom. The van der Waals surface area contributed by atoms with E-state index in [1.54, 1.807) is 11.3 Å². The highest BCUT2D eigenvalue weighted by Crippen LogP contribution is 2.46. The van der Waals surface area contributed by atoms with Gasteiger partial charge in [-0.15, -0.1) is 11.3 Å². The lowest BCUT2D eigenvalue weighted by atomic mass is 9.94. The molecule has 10 heteroatoms. The van der Waals surface area contributed by atoms with Crippen LogP contribution in [-0.4, -0.2) is 64.3 Å². The van der Waals surface area contributed by atoms with Crippen LogP contribution in [0, 0.1) is 11.6 Å². The first kappa shape index (κ1) is 23.7. The first-order valence-corrected chi connectivity index (χ1v) is 12.9. The molecule has 2 aromatic carbocycles. The van der Waals surface area contributed by atoms with Gasteiger partial charge in [-0.05, 0) is 67.4 Å². The van der Waals surface area contributed by atoms with Gasteiger partial charge in [0.25, 0.3) is 0 Å². The second-order valence-corrected chi connectivity index (χ2v) is 10.5. The Hall–Kier alpha value is -3.63. The van der Waals surface area contributed by atoms with Crippen molar-refractivity contribution in [2.24, 2.45) is 0 Å². The largest absolute Gasteiger partial charge is 0.492 e. The third kappa shape index (κ3) is 4.00. The van der Waals surface area contributed by atoms with Crippen LogP contribution in [0.4, 0.5) is 8.78 Å². The number of thiophene rings is 1. The van der Waals surface area contributed by atoms with Crippen molar-refractivity contribution < 1.29 is 18.3 Å². The Balaban J connectivity index is 1.42. The second-order valence-electron chi connectivity index (χ2n) is 9.56. The van der Waals surface area contributed by atoms with Crippen LogP contribution in [0.1, 0.15) is 35.3 Å². The molecule has 4 aromatic rings. The SMILES string of the molecule is CN(C)[C@@H]1CCN(C=O)C1c1ccc2c(c1)-c1sccc1C(c1ncnn1-c1ccc(F)cc1F)CO2. The molecule has 0 bridgehead atoms. The van der Waals surface area contributed by atoms with Crippen LogP contribution in [0.25, 0.3) is 16.1 Å². The van der Waals surface area contributed by atoms with E-state index >= 15 is 0 Å². The molecule has 2 aliphatic rings. The molecular formula is C27H25F2N5O2S. The number of nitrogens with zero attached hydrogens (tertiary/aromatic N) is 5. The fourth-order valence-corrected chi connectivity index (χ4v) is 6.51. The van der Waals surface area contributed by atoms with E-state index < -0.39 is 11.6 Å². The molecule has 2 unspecified atom stereocenters. The van der Waals surface area contributed by atoms with Gasteiger partial charge in [0.05, 0.1) is 12.0 Å². The van der Waals surface area contributed by atoms with Gasteiger partial charge in [-0.25, -0.2) is 18.4 Å². The molecule has 37 heavy (non-hydrogen) atoms. The van der Waals surface area contributed by atoms with Crippen molar-refractivity contribution in [1.29, 1.82) is 0 Å². The number of halogens is 2. The average Bonchev–Trinajstić information content (AvgIpc) is 3.63. The van der Waals surface area contributed by atoms with Gasteiger partial charge in [0.15, 0.2) is 5.82 Å². The van der Waals surface area contributed by atoms with Crippen molar-refractivity contribution in [3.8, 4) is 21.9 Å². The minimum Gasteiger partial charge on any atom is -0.492 e. The first-order valence-electron chi connectivity index (χ1n) is 12.0. The van der Waals surface area contributed by atoms with Crippen molar-refractivity contribution >= 4 is 17.7 Å². The van der Waals surface area contributed by atoms with E-state index in [4.69, 9.17) is 4.74 Å². The summed E-state index contributed by atoms with van der Waals surface area (Å²) >= 11 is 1.60. The molecule has 1 amide bonds. The summed E-state index contributed by atoms with van der Waals surface area (Å²) in [7, 11) is 4.08. The van der Waals surface area contributed by atoms with E-state index in [2.05, 4.69) is 21.0 Å². The predicted octanol–water partition coefficient (Wildman–Crippen LogP) is 4.63. The topological polar surface area (TPSA) is 63.5 Å². The van der Waals surface area contributed by atoms with Crippen LogP contribution in [-0.2, 0) is 4.79 Å². The maximum atomic E-state index is 14.6. The number of benzene rings is 2. The molecule has 0 spiro atoms. The van der Waals surface area contributed by atoms with Gasteiger partial charge in [0, 0.05) is 29.1 Å². The molecule has 6 rings (SSSR count). The summed E-state index contributed by atoms with van der Waals surface area (Å²) in [6.45, 7) is 0.994. The smallest absolute Gasteiger partial charge is 0.210 e. The molecule has 3 atom stereocenters. The van der Waals surface area contributed by atoms with E-state index in [-0.39, 0.29) is 30.3 Å². The summed E-state index contributed by atoms with van der Waals surface area (Å²) < 4.78 is 35.9. The van der Waals surface area contributed by atoms with Gasteiger partial charge in [-0.2, -0.15) is 5.10 Å². The summed E-state index contributed by atoms with van der Waals surface area (Å²) in [6.07, 6.45) is 3.21. The quantitative estimate of drug-likeness (QED) is 0.359. The molecule has 190 valence electrons. The van der Waals surface area contributed by atoms with Crippen molar-refractivity contribution in [1.82, 2.24) is 24.6 Å². The minimum atomic E-state index is -0.716. The normalized spacial score (nSPS) is 20.9. The summed E-state index contributed by atoms with van der Waals surface area (Å²) in [5.74, 6) is -0.443. The predicted molar refractivity (Wildman–Crippen MR) is 136 cm³/mol. The number of hydrogen-bond acceptors (Lipinski definition) is 6. The lowest BCUT2D eigenvalue weighted by molar-refractivity contribution is -0.119. The van der Waals surface area contributed by atoms with Gasteiger partial charge >= 0.3 is 0 Å². The summed E-state index contributed by atoms with van der Waals surface area (Å²) in [6, 6.07) is 11.7. The van der Waals surface area contributed by atoms with Crippen molar-refractivity contribution in [3.63, 3.8) is 0 Å². The third-order valence-corrected chi connectivity index (χ3v) is 8.26. The van der Waals surface area contributed by atoms with Gasteiger partial charge in [0.2, 0.25) is 6.41 Å². The highest BCUT2D eigenvalue weighted by atomic mass is 32.1. The van der Waals surface area contributed by atoms with Gasteiger partial charge in [-0.1, -0.05) is 6.07 Å². The van der Waals surface area contributed by atoms with Crippen LogP contribution in [0.5, 0.6) is 5.75 Å². The number of fused-ring (bicyclic) bond motifs is 3. The van der Waals surface area contributed by atoms with E-state index in [0.717, 1.165) is 46.2 Å². The lowest BCUT2D eigenvalue weighted by Gasteiger charge is -2.30. The maximum Gasteiger partial charge on any atom is 0.210 e. The second kappa shape index (κ2) is 9.35. The average molecular weight is 522 g/mol. The number of likely N-dealkylation sites (N-methyl/N-ethyl adjacent to an activating group) is 1. The number of likely N-dealkylation sites (tertiary alicyclic amines) is 1. The fourth-order valence-electron chi connectivity index (χ4n) is 5.52. The molecule has 0 saturated carbocycles. The minimum absolute atomic E-state index is 0.0511. The zero-order valence-electron chi connectivity index (χ0n) is 20.3. The monoisotopic (exact) mass is 521 g/mol. The molecule has 1 saturated heterocycles. The van der Waals surface area contributed by atoms with Gasteiger partial charge < -0.3 is 14.5 Å². The molecule has 2 aromatic heterocycles. The Morgan fingerprint density at radius 3 is 2.81 bits per heavy atom. The number of hydrogen-bond donors (Lipinski definition) is 0. The zero-order chi connectivity index (χ0) is 25.7. The van der Waals surface area contributed by atoms with Crippen LogP contribution >= 0.6 is 11.3 Å². The third-order valence-electron chi connectivity index (χ3n) is 7.29. The molecule has 7 nitrogen and oxygen atoms in total. The molecule has 1 fully saturated rings. The van der Waals surface area contributed by atoms with Gasteiger partial charge in [-0.3, -0.25) is 4.79 Å². The molecule has 0 radical (unpaired) electrons. The van der Waals surface area contributed by atoms with E-state index in [0.29, 0.717) is 12.4 Å². The molecule has 2 aliphatic heterocycles. The van der Waals surface area contributed by atoms with E-state index in [1.165, 1.54) is 23.1 Å². The van der Waals surface area contributed by atoms with E-state index in [9.17, 15) is 13.6 Å². The Kier molecular flexibility index (Phi) is 6.00. The summed E-state index contributed by atoms with van der Waals surface area (Å²) in [5, 5.41) is 6.27. The Morgan fingerprint density at radius 1 is 1.16 bits per heavy atom. The number of rotatable bonds is 5. The van der Waals surface area contributed by atoms with Crippen LogP contribution in [0.2, 0.25) is 0 Å². The molecular weight excluding hydrogens is 496 g/mol. The number of carbonyl (C=O) groups is 1. The summed E-state index contributed by atoms with van der Waals surface area (Å²) in [5.41, 5.74) is 3.14. The van der Waals surface area contributed by atoms with Crippen LogP contribution in [0.3, 0.4) is 0 Å². The number of ether oxygens (including phenoxy) is 1. The summed E-state index contributed by atoms with van der Waals surface area (Å²) in [4.78, 5) is 21.4. The zero-order valence-corrected chi connectivity index (χ0v) is 21.2. The lowest BCUT2D eigenvalue weighted by Crippen LogP contribution is -2.35. The fraction of sp³-hybridized carbons (Fsp3) is 0.296. The van der Waals surface area contributed by atoms with Crippen molar-refractivity contribution in [3.05, 3.63) is 82.8 Å². The standard InChI is InChI=1S/C27H25F2N5O2S/c1-32(2)23-7-9-33(15-35)25(23)16-3-6-24-19(11-16)26-18(8-10-37-26)20(13-36-24)27-30-14-31-34(27)22-5-4-17(28)12-21(22)29/h3-6,8,10-12,14-15,20,23,25H,7,9,13H2,1-2H3/t20?,23-,25?/m1/s1. The highest BCUT2D eigenvalue weighted by molar-refractivity contribution is 7.13. The number of aromatic nitrogens is 3. The number of amides is 1. The number of carbonyl (C=O) groups excluding carboxylic acids is 1. The van der Waals surface area contributed by atoms with Crippen LogP contribution in [0.15, 0.2) is 54.2 Å². The molecule has 0 aliphatic carbocycles. The maximum absolute atomic E-state index is 14.6. The van der Waals surface area contributed by atoms with Crippen molar-refractivity contribution in [2.75, 3.05) is 27.2 Å². The van der Waals surface area contributed by atoms with Crippen molar-refractivity contribution in [2.45, 2.75) is 24.4 Å². The Labute approximate surface area is 216 Å². The highest BCUT2D eigenvalue weighted by Gasteiger charge is 2.37. The Bertz CT molecular complexity index is 1470. The first-order chi connectivity index (χ1) is 18.0. The molecule has 4 heterocycles. The molecule has 0 N–H and O–H groups in total.